The average Bonchev–Trinajstić information content (AvgIpc) is 3.32. The van der Waals surface area contributed by atoms with Crippen LogP contribution >= 0.6 is 0 Å². The summed E-state index contributed by atoms with van der Waals surface area (Å²) >= 11 is 0. The first-order valence-corrected chi connectivity index (χ1v) is 12.5. The van der Waals surface area contributed by atoms with E-state index in [0.717, 1.165) is 12.8 Å². The molecule has 1 saturated heterocycles. The number of carbonyl (C=O) groups is 1. The van der Waals surface area contributed by atoms with E-state index in [0.29, 0.717) is 42.1 Å². The van der Waals surface area contributed by atoms with Crippen molar-refractivity contribution in [2.75, 3.05) is 31.5 Å². The van der Waals surface area contributed by atoms with E-state index in [1.165, 1.54) is 29.2 Å². The lowest BCUT2D eigenvalue weighted by molar-refractivity contribution is 0.0588. The Labute approximate surface area is 197 Å². The van der Waals surface area contributed by atoms with Crippen LogP contribution < -0.4 is 15.0 Å². The van der Waals surface area contributed by atoms with Crippen LogP contribution in [0.5, 0.6) is 5.75 Å². The van der Waals surface area contributed by atoms with Crippen molar-refractivity contribution in [1.29, 1.82) is 0 Å². The minimum atomic E-state index is -3.95. The monoisotopic (exact) mass is 485 g/mol. The Morgan fingerprint density at radius 1 is 1.21 bits per heavy atom. The number of anilines is 1. The number of hydrogen-bond acceptors (Lipinski definition) is 6. The fraction of sp³-hybridized carbons (Fsp3) is 0.333. The highest BCUT2D eigenvalue weighted by atomic mass is 32.2. The average molecular weight is 486 g/mol. The zero-order valence-electron chi connectivity index (χ0n) is 19.0. The van der Waals surface area contributed by atoms with Gasteiger partial charge in [-0.1, -0.05) is 0 Å². The highest BCUT2D eigenvalue weighted by Gasteiger charge is 2.23. The van der Waals surface area contributed by atoms with Crippen LogP contribution in [-0.2, 0) is 14.8 Å². The lowest BCUT2D eigenvalue weighted by Crippen LogP contribution is -2.34. The summed E-state index contributed by atoms with van der Waals surface area (Å²) in [6.07, 6.45) is 1.77. The maximum Gasteiger partial charge on any atom is 0.261 e. The molecule has 2 aromatic carbocycles. The van der Waals surface area contributed by atoms with Gasteiger partial charge in [-0.15, -0.1) is 0 Å². The summed E-state index contributed by atoms with van der Waals surface area (Å²) in [6, 6.07) is 12.0. The molecule has 4 rings (SSSR count). The lowest BCUT2D eigenvalue weighted by Gasteiger charge is -2.21. The molecule has 0 bridgehead atoms. The molecule has 9 nitrogen and oxygen atoms in total. The fourth-order valence-electron chi connectivity index (χ4n) is 3.96. The van der Waals surface area contributed by atoms with Gasteiger partial charge in [0.05, 0.1) is 23.2 Å². The Bertz CT molecular complexity index is 1350. The van der Waals surface area contributed by atoms with Crippen molar-refractivity contribution in [3.05, 3.63) is 64.4 Å². The molecule has 0 saturated carbocycles. The Hall–Kier alpha value is -3.37. The first-order chi connectivity index (χ1) is 16.3. The van der Waals surface area contributed by atoms with E-state index < -0.39 is 15.6 Å². The molecule has 10 heteroatoms. The molecule has 0 aliphatic carbocycles. The number of carbonyl (C=O) groups excluding carboxylic acids is 1. The molecule has 34 heavy (non-hydrogen) atoms. The van der Waals surface area contributed by atoms with Gasteiger partial charge in [-0.3, -0.25) is 14.3 Å². The van der Waals surface area contributed by atoms with Crippen molar-refractivity contribution in [2.24, 2.45) is 0 Å². The van der Waals surface area contributed by atoms with E-state index >= 15 is 0 Å². The number of rotatable bonds is 8. The second kappa shape index (κ2) is 9.86. The molecule has 1 fully saturated rings. The summed E-state index contributed by atoms with van der Waals surface area (Å²) in [4.78, 5) is 29.5. The smallest absolute Gasteiger partial charge is 0.261 e. The highest BCUT2D eigenvalue weighted by molar-refractivity contribution is 7.92. The number of pyridine rings is 1. The second-order valence-electron chi connectivity index (χ2n) is 8.14. The molecule has 0 spiro atoms. The normalized spacial score (nSPS) is 15.9. The predicted molar refractivity (Wildman–Crippen MR) is 129 cm³/mol. The SMILES string of the molecule is CCOc1ccc(NS(=O)(=O)c2ccc3[nH]c(=O)cc(C(=O)N(C)CC4CCCO4)c3c2)cc1. The fourth-order valence-corrected chi connectivity index (χ4v) is 5.04. The van der Waals surface area contributed by atoms with Gasteiger partial charge in [0.25, 0.3) is 15.9 Å². The first kappa shape index (κ1) is 23.8. The Morgan fingerprint density at radius 2 is 1.97 bits per heavy atom. The van der Waals surface area contributed by atoms with Crippen LogP contribution in [-0.4, -0.2) is 57.1 Å². The van der Waals surface area contributed by atoms with Gasteiger partial charge >= 0.3 is 0 Å². The van der Waals surface area contributed by atoms with Crippen molar-refractivity contribution in [1.82, 2.24) is 9.88 Å². The van der Waals surface area contributed by atoms with E-state index in [-0.39, 0.29) is 22.5 Å². The number of nitrogens with one attached hydrogen (secondary N) is 2. The van der Waals surface area contributed by atoms with Gasteiger partial charge in [0.15, 0.2) is 0 Å². The molecule has 1 aliphatic rings. The third kappa shape index (κ3) is 5.23. The minimum absolute atomic E-state index is 0.0308. The molecule has 1 aliphatic heterocycles. The Balaban J connectivity index is 1.64. The number of likely N-dealkylation sites (N-methyl/N-ethyl adjacent to an activating group) is 1. The molecule has 1 unspecified atom stereocenters. The Morgan fingerprint density at radius 3 is 2.65 bits per heavy atom. The number of H-pyrrole nitrogens is 1. The molecule has 1 atom stereocenters. The second-order valence-corrected chi connectivity index (χ2v) is 9.82. The van der Waals surface area contributed by atoms with Crippen molar-refractivity contribution in [3.8, 4) is 5.75 Å². The number of aromatic nitrogens is 1. The number of sulfonamides is 1. The van der Waals surface area contributed by atoms with Gasteiger partial charge in [-0.05, 0) is 62.2 Å². The zero-order valence-corrected chi connectivity index (χ0v) is 19.9. The minimum Gasteiger partial charge on any atom is -0.494 e. The zero-order chi connectivity index (χ0) is 24.3. The molecule has 1 amide bonds. The number of amides is 1. The quantitative estimate of drug-likeness (QED) is 0.507. The van der Waals surface area contributed by atoms with Crippen molar-refractivity contribution < 1.29 is 22.7 Å². The molecule has 0 radical (unpaired) electrons. The molecule has 3 aromatic rings. The van der Waals surface area contributed by atoms with Gasteiger partial charge < -0.3 is 19.4 Å². The summed E-state index contributed by atoms with van der Waals surface area (Å²) < 4.78 is 39.6. The lowest BCUT2D eigenvalue weighted by atomic mass is 10.1. The summed E-state index contributed by atoms with van der Waals surface area (Å²) in [5, 5.41) is 0.346. The van der Waals surface area contributed by atoms with Crippen LogP contribution in [0.2, 0.25) is 0 Å². The number of fused-ring (bicyclic) bond motifs is 1. The molecular weight excluding hydrogens is 458 g/mol. The highest BCUT2D eigenvalue weighted by Crippen LogP contribution is 2.24. The molecule has 180 valence electrons. The Kier molecular flexibility index (Phi) is 6.90. The molecular formula is C24H27N3O6S. The van der Waals surface area contributed by atoms with E-state index in [4.69, 9.17) is 9.47 Å². The summed E-state index contributed by atoms with van der Waals surface area (Å²) in [5.41, 5.74) is 0.445. The van der Waals surface area contributed by atoms with E-state index in [9.17, 15) is 18.0 Å². The van der Waals surface area contributed by atoms with Gasteiger partial charge in [0.2, 0.25) is 5.56 Å². The third-order valence-electron chi connectivity index (χ3n) is 5.62. The van der Waals surface area contributed by atoms with Crippen LogP contribution in [0.3, 0.4) is 0 Å². The molecule has 1 aromatic heterocycles. The molecule has 2 N–H and O–H groups in total. The van der Waals surface area contributed by atoms with Gasteiger partial charge in [-0.25, -0.2) is 8.42 Å². The van der Waals surface area contributed by atoms with Crippen LogP contribution in [0.15, 0.2) is 58.2 Å². The third-order valence-corrected chi connectivity index (χ3v) is 7.00. The van der Waals surface area contributed by atoms with Crippen LogP contribution in [0, 0.1) is 0 Å². The van der Waals surface area contributed by atoms with Gasteiger partial charge in [0, 0.05) is 42.9 Å². The van der Waals surface area contributed by atoms with Crippen LogP contribution in [0.1, 0.15) is 30.1 Å². The number of aromatic amines is 1. The van der Waals surface area contributed by atoms with Crippen LogP contribution in [0.25, 0.3) is 10.9 Å². The first-order valence-electron chi connectivity index (χ1n) is 11.1. The topological polar surface area (TPSA) is 118 Å². The van der Waals surface area contributed by atoms with Crippen molar-refractivity contribution in [3.63, 3.8) is 0 Å². The standard InChI is InChI=1S/C24H27N3O6S/c1-3-32-17-8-6-16(7-9-17)26-34(30,31)19-10-11-22-20(13-19)21(14-23(28)25-22)24(29)27(2)15-18-5-4-12-33-18/h6-11,13-14,18,26H,3-5,12,15H2,1-2H3,(H,25,28). The number of nitrogens with zero attached hydrogens (tertiary/aromatic N) is 1. The van der Waals surface area contributed by atoms with Gasteiger partial charge in [-0.2, -0.15) is 0 Å². The molecule has 2 heterocycles. The van der Waals surface area contributed by atoms with E-state index in [1.54, 1.807) is 31.3 Å². The summed E-state index contributed by atoms with van der Waals surface area (Å²) in [7, 11) is -2.31. The van der Waals surface area contributed by atoms with Crippen molar-refractivity contribution >= 4 is 32.5 Å². The van der Waals surface area contributed by atoms with E-state index in [1.807, 2.05) is 6.92 Å². The maximum atomic E-state index is 13.2. The predicted octanol–water partition coefficient (Wildman–Crippen LogP) is 2.98. The largest absolute Gasteiger partial charge is 0.494 e. The number of ether oxygens (including phenoxy) is 2. The summed E-state index contributed by atoms with van der Waals surface area (Å²) in [6.45, 7) is 3.44. The van der Waals surface area contributed by atoms with Crippen molar-refractivity contribution in [2.45, 2.75) is 30.8 Å². The number of hydrogen-bond donors (Lipinski definition) is 2. The maximum absolute atomic E-state index is 13.2. The number of benzene rings is 2. The summed E-state index contributed by atoms with van der Waals surface area (Å²) in [5.74, 6) is 0.260. The van der Waals surface area contributed by atoms with Gasteiger partial charge in [0.1, 0.15) is 5.75 Å². The van der Waals surface area contributed by atoms with E-state index in [2.05, 4.69) is 9.71 Å². The van der Waals surface area contributed by atoms with Crippen LogP contribution in [0.4, 0.5) is 5.69 Å².